The lowest BCUT2D eigenvalue weighted by Gasteiger charge is -2.08. The Bertz CT molecular complexity index is 583. The van der Waals surface area contributed by atoms with Crippen LogP contribution in [0, 0.1) is 12.7 Å². The van der Waals surface area contributed by atoms with Crippen LogP contribution in [0.1, 0.15) is 16.2 Å². The molecule has 1 amide bonds. The number of carbonyl (C=O) groups excluding carboxylic acids is 1. The highest BCUT2D eigenvalue weighted by Gasteiger charge is 2.16. The van der Waals surface area contributed by atoms with Gasteiger partial charge < -0.3 is 9.95 Å². The normalized spacial score (nSPS) is 10.2. The minimum Gasteiger partial charge on any atom is -0.321 e. The predicted molar refractivity (Wildman–Crippen MR) is 61.2 cm³/mol. The minimum atomic E-state index is -0.633. The fourth-order valence-electron chi connectivity index (χ4n) is 1.37. The molecule has 2 rings (SSSR count). The van der Waals surface area contributed by atoms with Gasteiger partial charge in [-0.05, 0) is 19.1 Å². The second-order valence-corrected chi connectivity index (χ2v) is 3.41. The molecule has 0 saturated carbocycles. The smallest absolute Gasteiger partial charge is 0.321 e. The molecule has 4 N–H and O–H groups in total. The van der Waals surface area contributed by atoms with Gasteiger partial charge in [0.25, 0.3) is 5.91 Å². The summed E-state index contributed by atoms with van der Waals surface area (Å²) in [5.74, 6) is 4.30. The van der Waals surface area contributed by atoms with Crippen molar-refractivity contribution < 1.29 is 13.7 Å². The number of rotatable bonds is 3. The summed E-state index contributed by atoms with van der Waals surface area (Å²) in [6.07, 6.45) is 0. The molecule has 1 aromatic heterocycles. The van der Waals surface area contributed by atoms with Crippen molar-refractivity contribution in [3.8, 4) is 0 Å². The highest BCUT2D eigenvalue weighted by atomic mass is 19.1. The van der Waals surface area contributed by atoms with Crippen LogP contribution in [-0.2, 0) is 0 Å². The van der Waals surface area contributed by atoms with Crippen LogP contribution >= 0.6 is 0 Å². The monoisotopic (exact) mass is 251 g/mol. The standard InChI is InChI=1S/C10H10FN5O2/c1-5-13-10(18-16-5)14-9(17)6-3-2-4-7(11)8(6)15-12/h2-4,15H,12H2,1H3,(H,13,14,16,17). The fraction of sp³-hybridized carbons (Fsp3) is 0.100. The summed E-state index contributed by atoms with van der Waals surface area (Å²) in [5.41, 5.74) is 2.06. The number of nitrogens with one attached hydrogen (secondary N) is 2. The van der Waals surface area contributed by atoms with Crippen LogP contribution < -0.4 is 16.6 Å². The average molecular weight is 251 g/mol. The van der Waals surface area contributed by atoms with Crippen molar-refractivity contribution >= 4 is 17.6 Å². The highest BCUT2D eigenvalue weighted by Crippen LogP contribution is 2.19. The Balaban J connectivity index is 2.26. The maximum atomic E-state index is 13.4. The van der Waals surface area contributed by atoms with Gasteiger partial charge in [-0.3, -0.25) is 16.0 Å². The number of halogens is 1. The molecular weight excluding hydrogens is 241 g/mol. The molecule has 1 aromatic carbocycles. The van der Waals surface area contributed by atoms with Gasteiger partial charge >= 0.3 is 6.01 Å². The third kappa shape index (κ3) is 2.28. The summed E-state index contributed by atoms with van der Waals surface area (Å²) in [6.45, 7) is 1.61. The molecule has 7 nitrogen and oxygen atoms in total. The Morgan fingerprint density at radius 1 is 1.50 bits per heavy atom. The molecule has 0 saturated heterocycles. The first kappa shape index (κ1) is 12.0. The van der Waals surface area contributed by atoms with Crippen molar-refractivity contribution in [2.75, 3.05) is 10.7 Å². The second kappa shape index (κ2) is 4.80. The van der Waals surface area contributed by atoms with Crippen molar-refractivity contribution in [1.29, 1.82) is 0 Å². The zero-order chi connectivity index (χ0) is 13.1. The molecule has 0 aliphatic heterocycles. The summed E-state index contributed by atoms with van der Waals surface area (Å²) in [5, 5.41) is 5.85. The van der Waals surface area contributed by atoms with Gasteiger partial charge in [-0.1, -0.05) is 11.2 Å². The lowest BCUT2D eigenvalue weighted by Crippen LogP contribution is -2.18. The molecule has 18 heavy (non-hydrogen) atoms. The fourth-order valence-corrected chi connectivity index (χ4v) is 1.37. The Hall–Kier alpha value is -2.48. The van der Waals surface area contributed by atoms with Gasteiger partial charge in [-0.2, -0.15) is 4.98 Å². The SMILES string of the molecule is Cc1noc(NC(=O)c2cccc(F)c2NN)n1. The van der Waals surface area contributed by atoms with Crippen LogP contribution in [0.15, 0.2) is 22.7 Å². The number of anilines is 2. The number of nitrogens with two attached hydrogens (primary N) is 1. The van der Waals surface area contributed by atoms with Crippen molar-refractivity contribution in [3.63, 3.8) is 0 Å². The van der Waals surface area contributed by atoms with Gasteiger partial charge in [0.2, 0.25) is 0 Å². The Labute approximate surface area is 101 Å². The topological polar surface area (TPSA) is 106 Å². The summed E-state index contributed by atoms with van der Waals surface area (Å²) in [7, 11) is 0. The van der Waals surface area contributed by atoms with Crippen LogP contribution in [0.2, 0.25) is 0 Å². The van der Waals surface area contributed by atoms with E-state index in [4.69, 9.17) is 10.4 Å². The van der Waals surface area contributed by atoms with E-state index in [2.05, 4.69) is 20.9 Å². The number of aromatic nitrogens is 2. The van der Waals surface area contributed by atoms with Gasteiger partial charge in [0.1, 0.15) is 5.82 Å². The summed E-state index contributed by atoms with van der Waals surface area (Å²) < 4.78 is 18.1. The van der Waals surface area contributed by atoms with Gasteiger partial charge in [0.05, 0.1) is 11.3 Å². The van der Waals surface area contributed by atoms with E-state index in [0.29, 0.717) is 5.82 Å². The van der Waals surface area contributed by atoms with Gasteiger partial charge in [0.15, 0.2) is 5.82 Å². The first-order valence-electron chi connectivity index (χ1n) is 4.98. The Kier molecular flexibility index (Phi) is 3.20. The third-order valence-corrected chi connectivity index (χ3v) is 2.15. The van der Waals surface area contributed by atoms with E-state index in [1.54, 1.807) is 6.92 Å². The summed E-state index contributed by atoms with van der Waals surface area (Å²) in [6, 6.07) is 3.92. The molecule has 0 radical (unpaired) electrons. The lowest BCUT2D eigenvalue weighted by atomic mass is 10.1. The summed E-state index contributed by atoms with van der Waals surface area (Å²) in [4.78, 5) is 15.7. The third-order valence-electron chi connectivity index (χ3n) is 2.15. The molecule has 8 heteroatoms. The number of hydrogen-bond acceptors (Lipinski definition) is 6. The maximum absolute atomic E-state index is 13.4. The Morgan fingerprint density at radius 2 is 2.28 bits per heavy atom. The van der Waals surface area contributed by atoms with Crippen molar-refractivity contribution in [2.24, 2.45) is 5.84 Å². The number of hydrogen-bond donors (Lipinski definition) is 3. The van der Waals surface area contributed by atoms with E-state index in [1.165, 1.54) is 18.2 Å². The Morgan fingerprint density at radius 3 is 2.89 bits per heavy atom. The predicted octanol–water partition coefficient (Wildman–Crippen LogP) is 1.06. The zero-order valence-corrected chi connectivity index (χ0v) is 9.40. The number of nitrogens with zero attached hydrogens (tertiary/aromatic N) is 2. The van der Waals surface area contributed by atoms with Crippen LogP contribution in [0.25, 0.3) is 0 Å². The molecule has 0 unspecified atom stereocenters. The van der Waals surface area contributed by atoms with Crippen LogP contribution in [0.4, 0.5) is 16.1 Å². The number of hydrazine groups is 1. The molecule has 0 fully saturated rings. The van der Waals surface area contributed by atoms with E-state index in [9.17, 15) is 9.18 Å². The second-order valence-electron chi connectivity index (χ2n) is 3.41. The number of para-hydroxylation sites is 1. The van der Waals surface area contributed by atoms with E-state index in [0.717, 1.165) is 0 Å². The van der Waals surface area contributed by atoms with E-state index < -0.39 is 11.7 Å². The van der Waals surface area contributed by atoms with Gasteiger partial charge in [-0.25, -0.2) is 4.39 Å². The number of amides is 1. The van der Waals surface area contributed by atoms with Crippen molar-refractivity contribution in [3.05, 3.63) is 35.4 Å². The molecule has 1 heterocycles. The van der Waals surface area contributed by atoms with Crippen molar-refractivity contribution in [2.45, 2.75) is 6.92 Å². The molecule has 0 aliphatic rings. The van der Waals surface area contributed by atoms with Crippen LogP contribution in [0.3, 0.4) is 0 Å². The number of carbonyl (C=O) groups is 1. The molecular formula is C10H10FN5O2. The van der Waals surface area contributed by atoms with Crippen LogP contribution in [-0.4, -0.2) is 16.0 Å². The summed E-state index contributed by atoms with van der Waals surface area (Å²) >= 11 is 0. The largest absolute Gasteiger partial charge is 0.328 e. The minimum absolute atomic E-state index is 0.0355. The highest BCUT2D eigenvalue weighted by molar-refractivity contribution is 6.07. The number of aryl methyl sites for hydroxylation is 1. The first-order valence-corrected chi connectivity index (χ1v) is 4.98. The lowest BCUT2D eigenvalue weighted by molar-refractivity contribution is 0.102. The first-order chi connectivity index (χ1) is 8.61. The quantitative estimate of drug-likeness (QED) is 0.556. The average Bonchev–Trinajstić information content (AvgIpc) is 2.74. The molecule has 2 aromatic rings. The van der Waals surface area contributed by atoms with Gasteiger partial charge in [-0.15, -0.1) is 0 Å². The molecule has 0 aliphatic carbocycles. The van der Waals surface area contributed by atoms with E-state index in [-0.39, 0.29) is 17.3 Å². The maximum Gasteiger partial charge on any atom is 0.328 e. The number of benzene rings is 1. The molecule has 0 atom stereocenters. The van der Waals surface area contributed by atoms with E-state index >= 15 is 0 Å². The molecule has 0 bridgehead atoms. The number of nitrogen functional groups attached to an aromatic ring is 1. The van der Waals surface area contributed by atoms with Crippen molar-refractivity contribution in [1.82, 2.24) is 10.1 Å². The van der Waals surface area contributed by atoms with Gasteiger partial charge in [0, 0.05) is 0 Å². The van der Waals surface area contributed by atoms with E-state index in [1.807, 2.05) is 0 Å². The zero-order valence-electron chi connectivity index (χ0n) is 9.40. The molecule has 94 valence electrons. The molecule has 0 spiro atoms. The van der Waals surface area contributed by atoms with Crippen LogP contribution in [0.5, 0.6) is 0 Å².